The SMILES string of the molecule is CC(C)c1cc2c(-c3cc(C(F)(F)F)cc(C(F)(F)F)c3)c(C(C)(C)C)ccc2[cH-]1.[Cl][Zr+2][Cl].[c-]1cccc2c1[Si]c1ccccc1-2. The molecule has 6 rings (SSSR count). The predicted octanol–water partition coefficient (Wildman–Crippen LogP) is 11.2. The second kappa shape index (κ2) is 14.5. The van der Waals surface area contributed by atoms with Crippen LogP contribution in [0.3, 0.4) is 0 Å². The molecule has 1 aliphatic heterocycles. The molecule has 1 heterocycles. The van der Waals surface area contributed by atoms with Gasteiger partial charge in [-0.25, -0.2) is 0 Å². The quantitative estimate of drug-likeness (QED) is 0.0935. The van der Waals surface area contributed by atoms with Crippen LogP contribution in [0.5, 0.6) is 0 Å². The standard InChI is InChI=1S/C24H23F6.C12H7Si.2ClH.Zr/c1-13(2)15-8-14-6-7-20(22(3,4)5)21(19(14)11-15)16-9-17(23(25,26)27)12-18(10-16)24(28,29)30;1-3-7-11-9(5-1)10-6-2-4-8-12(10)13-11;;;/h6-13H,1-5H3;1-7H;2*1H;/q2*-1;;;+4/p-2. The van der Waals surface area contributed by atoms with Crippen LogP contribution >= 0.6 is 17.0 Å². The molecule has 0 saturated carbocycles. The summed E-state index contributed by atoms with van der Waals surface area (Å²) in [5.74, 6) is 0.176. The third-order valence-corrected chi connectivity index (χ3v) is 8.97. The molecule has 1 aliphatic rings. The van der Waals surface area contributed by atoms with Crippen LogP contribution in [0.1, 0.15) is 62.8 Å². The Hall–Kier alpha value is -2.25. The van der Waals surface area contributed by atoms with Crippen molar-refractivity contribution >= 4 is 47.7 Å². The number of halogens is 8. The van der Waals surface area contributed by atoms with Crippen LogP contribution in [0.15, 0.2) is 84.9 Å². The normalized spacial score (nSPS) is 12.5. The van der Waals surface area contributed by atoms with E-state index in [4.69, 9.17) is 17.0 Å². The Balaban J connectivity index is 0.000000245. The molecule has 0 nitrogen and oxygen atoms in total. The van der Waals surface area contributed by atoms with Crippen molar-refractivity contribution in [2.75, 3.05) is 0 Å². The summed E-state index contributed by atoms with van der Waals surface area (Å²) in [4.78, 5) is 0. The molecule has 0 N–H and O–H groups in total. The monoisotopic (exact) mass is 764 g/mol. The summed E-state index contributed by atoms with van der Waals surface area (Å²) in [6, 6.07) is 27.5. The van der Waals surface area contributed by atoms with E-state index in [0.717, 1.165) is 32.6 Å². The molecule has 10 heteroatoms. The molecule has 0 saturated heterocycles. The Morgan fingerprint density at radius 1 is 0.783 bits per heavy atom. The Morgan fingerprint density at radius 3 is 1.93 bits per heavy atom. The number of hydrogen-bond acceptors (Lipinski definition) is 0. The molecule has 5 aromatic rings. The van der Waals surface area contributed by atoms with Crippen LogP contribution in [0.4, 0.5) is 26.3 Å². The molecule has 0 spiro atoms. The van der Waals surface area contributed by atoms with Gasteiger partial charge in [0.2, 0.25) is 0 Å². The fraction of sp³-hybridized carbons (Fsp3) is 0.250. The Labute approximate surface area is 287 Å². The van der Waals surface area contributed by atoms with Gasteiger partial charge >= 0.3 is 50.2 Å². The fourth-order valence-electron chi connectivity index (χ4n) is 5.40. The second-order valence-electron chi connectivity index (χ2n) is 12.2. The van der Waals surface area contributed by atoms with Crippen LogP contribution in [-0.2, 0) is 38.6 Å². The van der Waals surface area contributed by atoms with Crippen LogP contribution in [0, 0.1) is 6.07 Å². The van der Waals surface area contributed by atoms with Crippen molar-refractivity contribution in [3.05, 3.63) is 113 Å². The van der Waals surface area contributed by atoms with E-state index in [-0.39, 0.29) is 17.5 Å². The summed E-state index contributed by atoms with van der Waals surface area (Å²) in [6.07, 6.45) is -9.78. The summed E-state index contributed by atoms with van der Waals surface area (Å²) in [7, 11) is 10.7. The second-order valence-corrected chi connectivity index (χ2v) is 17.2. The Bertz CT molecular complexity index is 1740. The molecule has 2 radical (unpaired) electrons. The fourth-order valence-corrected chi connectivity index (χ4v) is 6.71. The maximum Gasteiger partial charge on any atom is 0.0920 e. The van der Waals surface area contributed by atoms with Gasteiger partial charge in [0.15, 0.2) is 0 Å². The molecule has 5 aromatic carbocycles. The number of rotatable bonds is 2. The summed E-state index contributed by atoms with van der Waals surface area (Å²) in [6.45, 7) is 9.65. The van der Waals surface area contributed by atoms with Crippen molar-refractivity contribution in [2.45, 2.75) is 58.3 Å². The number of fused-ring (bicyclic) bond motifs is 4. The number of benzene rings is 4. The largest absolute Gasteiger partial charge is 0.184 e. The van der Waals surface area contributed by atoms with Crippen LogP contribution in [0.25, 0.3) is 33.0 Å². The average Bonchev–Trinajstić information content (AvgIpc) is 3.58. The van der Waals surface area contributed by atoms with Gasteiger partial charge in [0, 0.05) is 0 Å². The van der Waals surface area contributed by atoms with Gasteiger partial charge in [-0.05, 0) is 35.1 Å². The molecule has 238 valence electrons. The van der Waals surface area contributed by atoms with E-state index in [1.807, 2.05) is 58.9 Å². The van der Waals surface area contributed by atoms with E-state index >= 15 is 0 Å². The van der Waals surface area contributed by atoms with Gasteiger partial charge in [0.05, 0.1) is 20.6 Å². The van der Waals surface area contributed by atoms with Crippen molar-refractivity contribution in [3.8, 4) is 22.3 Å². The van der Waals surface area contributed by atoms with Crippen molar-refractivity contribution in [1.29, 1.82) is 0 Å². The van der Waals surface area contributed by atoms with Gasteiger partial charge in [-0.3, -0.25) is 0 Å². The van der Waals surface area contributed by atoms with E-state index in [1.54, 1.807) is 6.07 Å². The van der Waals surface area contributed by atoms with Gasteiger partial charge in [-0.15, -0.1) is 40.1 Å². The van der Waals surface area contributed by atoms with E-state index in [0.29, 0.717) is 16.5 Å². The summed E-state index contributed by atoms with van der Waals surface area (Å²) in [5, 5.41) is 4.29. The summed E-state index contributed by atoms with van der Waals surface area (Å²) >= 11 is -0.826. The van der Waals surface area contributed by atoms with E-state index in [9.17, 15) is 26.3 Å². The van der Waals surface area contributed by atoms with E-state index < -0.39 is 49.7 Å². The van der Waals surface area contributed by atoms with Gasteiger partial charge in [0.1, 0.15) is 0 Å². The maximum absolute atomic E-state index is 13.4. The Kier molecular flexibility index (Phi) is 11.5. The molecule has 0 amide bonds. The van der Waals surface area contributed by atoms with Crippen LogP contribution < -0.4 is 10.4 Å². The first-order valence-electron chi connectivity index (χ1n) is 14.3. The van der Waals surface area contributed by atoms with Crippen molar-refractivity contribution in [1.82, 2.24) is 0 Å². The molecule has 0 bridgehead atoms. The first-order valence-corrected chi connectivity index (χ1v) is 21.7. The molecule has 0 unspecified atom stereocenters. The van der Waals surface area contributed by atoms with Gasteiger partial charge < -0.3 is 0 Å². The van der Waals surface area contributed by atoms with Crippen molar-refractivity contribution in [2.24, 2.45) is 0 Å². The minimum atomic E-state index is -4.89. The minimum Gasteiger partial charge on any atom is -0.184 e. The summed E-state index contributed by atoms with van der Waals surface area (Å²) in [5.41, 5.74) is 1.70. The van der Waals surface area contributed by atoms with Gasteiger partial charge in [-0.1, -0.05) is 80.8 Å². The average molecular weight is 767 g/mol. The zero-order valence-electron chi connectivity index (χ0n) is 25.7. The third kappa shape index (κ3) is 8.42. The Morgan fingerprint density at radius 2 is 1.37 bits per heavy atom. The molecule has 0 aromatic heterocycles. The molecular formula is C36H30Cl2F6SiZr. The molecule has 0 fully saturated rings. The summed E-state index contributed by atoms with van der Waals surface area (Å²) < 4.78 is 80.7. The molecule has 46 heavy (non-hydrogen) atoms. The van der Waals surface area contributed by atoms with Gasteiger partial charge in [-0.2, -0.15) is 61.9 Å². The molecular weight excluding hydrogens is 737 g/mol. The molecule has 0 aliphatic carbocycles. The van der Waals surface area contributed by atoms with E-state index in [2.05, 4.69) is 42.5 Å². The van der Waals surface area contributed by atoms with E-state index in [1.165, 1.54) is 21.5 Å². The number of hydrogen-bond donors (Lipinski definition) is 0. The van der Waals surface area contributed by atoms with Crippen molar-refractivity contribution < 1.29 is 47.2 Å². The number of alkyl halides is 6. The first kappa shape index (κ1) is 36.6. The maximum atomic E-state index is 13.4. The van der Waals surface area contributed by atoms with Crippen molar-refractivity contribution in [3.63, 3.8) is 0 Å². The smallest absolute Gasteiger partial charge is 0.0920 e. The van der Waals surface area contributed by atoms with Crippen LogP contribution in [0.2, 0.25) is 0 Å². The molecule has 0 atom stereocenters. The van der Waals surface area contributed by atoms with Gasteiger partial charge in [0.25, 0.3) is 0 Å². The zero-order valence-corrected chi connectivity index (χ0v) is 30.7. The van der Waals surface area contributed by atoms with Crippen LogP contribution in [-0.4, -0.2) is 9.52 Å². The minimum absolute atomic E-state index is 0.0754. The zero-order chi connectivity index (χ0) is 34.0. The third-order valence-electron chi connectivity index (χ3n) is 7.60. The topological polar surface area (TPSA) is 0 Å². The first-order chi connectivity index (χ1) is 21.5. The predicted molar refractivity (Wildman–Crippen MR) is 175 cm³/mol.